The molecule has 0 saturated heterocycles. The molecule has 0 amide bonds. The van der Waals surface area contributed by atoms with Crippen molar-refractivity contribution in [1.29, 1.82) is 0 Å². The van der Waals surface area contributed by atoms with Gasteiger partial charge in [-0.05, 0) is 62.8 Å². The fourth-order valence-corrected chi connectivity index (χ4v) is 8.99. The van der Waals surface area contributed by atoms with Gasteiger partial charge in [-0.25, -0.2) is 0 Å². The molecule has 2 heterocycles. The summed E-state index contributed by atoms with van der Waals surface area (Å²) in [6.07, 6.45) is 5.17. The molecule has 174 valence electrons. The SMILES string of the molecule is CC(C)(C)c1ccc(CP(C(C)(C)C)C(C)(C)C)c(C(P)(c2ccc[nH]2)c2ccc[nH]2)c1. The molecule has 0 fully saturated rings. The zero-order valence-electron chi connectivity index (χ0n) is 21.4. The Labute approximate surface area is 199 Å². The second-order valence-corrected chi connectivity index (χ2v) is 16.7. The number of aromatic nitrogens is 2. The summed E-state index contributed by atoms with van der Waals surface area (Å²) in [5, 5.41) is 0.187. The van der Waals surface area contributed by atoms with Crippen molar-refractivity contribution in [2.75, 3.05) is 0 Å². The van der Waals surface area contributed by atoms with E-state index in [1.807, 2.05) is 12.4 Å². The lowest BCUT2D eigenvalue weighted by Gasteiger charge is -2.43. The third-order valence-corrected chi connectivity index (χ3v) is 11.2. The maximum atomic E-state index is 3.53. The largest absolute Gasteiger partial charge is 0.364 e. The molecule has 0 radical (unpaired) electrons. The maximum absolute atomic E-state index is 3.53. The normalized spacial score (nSPS) is 13.7. The summed E-state index contributed by atoms with van der Waals surface area (Å²) in [4.78, 5) is 7.06. The first-order valence-electron chi connectivity index (χ1n) is 11.6. The lowest BCUT2D eigenvalue weighted by atomic mass is 9.81. The Morgan fingerprint density at radius 3 is 1.62 bits per heavy atom. The van der Waals surface area contributed by atoms with Gasteiger partial charge in [0, 0.05) is 23.8 Å². The van der Waals surface area contributed by atoms with Gasteiger partial charge in [-0.3, -0.25) is 0 Å². The fraction of sp³-hybridized carbons (Fsp3) is 0.500. The average Bonchev–Trinajstić information content (AvgIpc) is 3.36. The monoisotopic (exact) mass is 468 g/mol. The average molecular weight is 469 g/mol. The van der Waals surface area contributed by atoms with Crippen LogP contribution in [0.1, 0.15) is 90.4 Å². The topological polar surface area (TPSA) is 31.6 Å². The van der Waals surface area contributed by atoms with Gasteiger partial charge in [0.25, 0.3) is 0 Å². The van der Waals surface area contributed by atoms with Crippen LogP contribution in [0.5, 0.6) is 0 Å². The summed E-state index contributed by atoms with van der Waals surface area (Å²) in [6, 6.07) is 15.8. The van der Waals surface area contributed by atoms with Crippen molar-refractivity contribution in [1.82, 2.24) is 9.97 Å². The first-order chi connectivity index (χ1) is 14.6. The van der Waals surface area contributed by atoms with Crippen molar-refractivity contribution in [3.63, 3.8) is 0 Å². The Hall–Kier alpha value is -1.36. The van der Waals surface area contributed by atoms with Crippen LogP contribution in [0.15, 0.2) is 54.9 Å². The van der Waals surface area contributed by atoms with E-state index >= 15 is 0 Å². The second kappa shape index (κ2) is 8.77. The zero-order valence-corrected chi connectivity index (χ0v) is 23.5. The standard InChI is InChI=1S/C28H42N2P2/c1-25(2,3)21-15-14-20(19-32(26(4,5)6)27(7,8)9)22(18-21)28(31,23-12-10-16-29-23)24-13-11-17-30-24/h10-18,29-30H,19,31H2,1-9H3. The molecule has 0 bridgehead atoms. The van der Waals surface area contributed by atoms with Gasteiger partial charge in [-0.1, -0.05) is 88.4 Å². The van der Waals surface area contributed by atoms with Gasteiger partial charge in [0.2, 0.25) is 0 Å². The van der Waals surface area contributed by atoms with Crippen molar-refractivity contribution < 1.29 is 0 Å². The van der Waals surface area contributed by atoms with Crippen LogP contribution in [-0.2, 0) is 16.7 Å². The molecule has 1 atom stereocenters. The van der Waals surface area contributed by atoms with Crippen LogP contribution in [0.2, 0.25) is 0 Å². The van der Waals surface area contributed by atoms with Gasteiger partial charge in [0.15, 0.2) is 0 Å². The molecule has 1 unspecified atom stereocenters. The van der Waals surface area contributed by atoms with Gasteiger partial charge in [0.1, 0.15) is 0 Å². The molecular weight excluding hydrogens is 426 g/mol. The molecule has 2 nitrogen and oxygen atoms in total. The molecule has 0 saturated carbocycles. The summed E-state index contributed by atoms with van der Waals surface area (Å²) in [6.45, 7) is 21.4. The Morgan fingerprint density at radius 2 is 1.25 bits per heavy atom. The zero-order chi connectivity index (χ0) is 23.9. The number of H-pyrrole nitrogens is 2. The van der Waals surface area contributed by atoms with Crippen LogP contribution in [0.25, 0.3) is 0 Å². The van der Waals surface area contributed by atoms with Gasteiger partial charge in [-0.2, -0.15) is 0 Å². The van der Waals surface area contributed by atoms with E-state index in [9.17, 15) is 0 Å². The molecule has 32 heavy (non-hydrogen) atoms. The highest BCUT2D eigenvalue weighted by Crippen LogP contribution is 2.62. The maximum Gasteiger partial charge on any atom is 0.0891 e. The number of aromatic amines is 2. The molecule has 0 aliphatic carbocycles. The summed E-state index contributed by atoms with van der Waals surface area (Å²) < 4.78 is 0. The minimum absolute atomic E-state index is 0.0864. The first-order valence-corrected chi connectivity index (χ1v) is 13.7. The Bertz CT molecular complexity index is 963. The molecule has 0 spiro atoms. The van der Waals surface area contributed by atoms with Crippen molar-refractivity contribution in [2.24, 2.45) is 0 Å². The molecule has 3 rings (SSSR count). The predicted molar refractivity (Wildman–Crippen MR) is 146 cm³/mol. The molecule has 0 aliphatic rings. The van der Waals surface area contributed by atoms with E-state index in [0.717, 1.165) is 6.16 Å². The van der Waals surface area contributed by atoms with Crippen LogP contribution in [0.3, 0.4) is 0 Å². The Kier molecular flexibility index (Phi) is 6.93. The molecule has 2 N–H and O–H groups in total. The molecule has 1 aromatic carbocycles. The highest BCUT2D eigenvalue weighted by molar-refractivity contribution is 7.60. The minimum Gasteiger partial charge on any atom is -0.364 e. The van der Waals surface area contributed by atoms with E-state index < -0.39 is 0 Å². The van der Waals surface area contributed by atoms with Crippen LogP contribution in [0.4, 0.5) is 0 Å². The molecule has 3 aromatic rings. The Balaban J connectivity index is 2.29. The van der Waals surface area contributed by atoms with Gasteiger partial charge < -0.3 is 9.97 Å². The molecule has 0 aliphatic heterocycles. The van der Waals surface area contributed by atoms with Crippen LogP contribution in [0, 0.1) is 0 Å². The smallest absolute Gasteiger partial charge is 0.0891 e. The van der Waals surface area contributed by atoms with Gasteiger partial charge >= 0.3 is 0 Å². The van der Waals surface area contributed by atoms with Crippen LogP contribution in [-0.4, -0.2) is 20.3 Å². The van der Waals surface area contributed by atoms with Crippen molar-refractivity contribution >= 4 is 17.2 Å². The van der Waals surface area contributed by atoms with Gasteiger partial charge in [0.05, 0.1) is 5.16 Å². The minimum atomic E-state index is -0.361. The summed E-state index contributed by atoms with van der Waals surface area (Å²) in [7, 11) is 2.94. The van der Waals surface area contributed by atoms with E-state index in [1.165, 1.54) is 28.1 Å². The number of rotatable bonds is 5. The number of benzene rings is 1. The van der Waals surface area contributed by atoms with E-state index in [-0.39, 0.29) is 28.8 Å². The summed E-state index contributed by atoms with van der Waals surface area (Å²) >= 11 is 0. The van der Waals surface area contributed by atoms with Crippen molar-refractivity contribution in [3.8, 4) is 0 Å². The third kappa shape index (κ3) is 5.08. The van der Waals surface area contributed by atoms with Crippen molar-refractivity contribution in [3.05, 3.63) is 82.9 Å². The summed E-state index contributed by atoms with van der Waals surface area (Å²) in [5.41, 5.74) is 6.66. The number of nitrogens with one attached hydrogen (secondary N) is 2. The molecular formula is C28H42N2P2. The third-order valence-electron chi connectivity index (χ3n) is 6.39. The lowest BCUT2D eigenvalue weighted by Crippen LogP contribution is -2.29. The van der Waals surface area contributed by atoms with Crippen LogP contribution >= 0.6 is 17.2 Å². The van der Waals surface area contributed by atoms with E-state index in [1.54, 1.807) is 0 Å². The molecule has 2 aromatic heterocycles. The van der Waals surface area contributed by atoms with Crippen molar-refractivity contribution in [2.45, 2.75) is 89.4 Å². The van der Waals surface area contributed by atoms with Gasteiger partial charge in [-0.15, -0.1) is 9.24 Å². The van der Waals surface area contributed by atoms with E-state index in [4.69, 9.17) is 0 Å². The lowest BCUT2D eigenvalue weighted by molar-refractivity contribution is 0.588. The quantitative estimate of drug-likeness (QED) is 0.352. The summed E-state index contributed by atoms with van der Waals surface area (Å²) in [5.74, 6) is 0. The van der Waals surface area contributed by atoms with E-state index in [2.05, 4.69) is 124 Å². The number of hydrogen-bond donors (Lipinski definition) is 2. The highest BCUT2D eigenvalue weighted by Gasteiger charge is 2.39. The highest BCUT2D eigenvalue weighted by atomic mass is 31.1. The van der Waals surface area contributed by atoms with E-state index in [0.29, 0.717) is 0 Å². The fourth-order valence-electron chi connectivity index (χ4n) is 4.79. The predicted octanol–water partition coefficient (Wildman–Crippen LogP) is 8.39. The number of hydrogen-bond acceptors (Lipinski definition) is 0. The first kappa shape index (κ1) is 25.3. The second-order valence-electron chi connectivity index (χ2n) is 12.0. The Morgan fingerprint density at radius 1 is 0.750 bits per heavy atom. The van der Waals surface area contributed by atoms with Crippen LogP contribution < -0.4 is 0 Å². The molecule has 4 heteroatoms.